The fraction of sp³-hybridized carbons (Fsp3) is 0.812. The van der Waals surface area contributed by atoms with Crippen LogP contribution in [0.25, 0.3) is 0 Å². The normalized spacial score (nSPS) is 16.7. The van der Waals surface area contributed by atoms with Gasteiger partial charge < -0.3 is 15.0 Å². The molecule has 5 heteroatoms. The molecule has 0 bridgehead atoms. The maximum atomic E-state index is 5.48. The van der Waals surface area contributed by atoms with Gasteiger partial charge in [0.1, 0.15) is 5.82 Å². The molecule has 1 aliphatic heterocycles. The van der Waals surface area contributed by atoms with E-state index in [0.29, 0.717) is 12.0 Å². The summed E-state index contributed by atoms with van der Waals surface area (Å²) in [7, 11) is 4.24. The minimum absolute atomic E-state index is 0.553. The maximum Gasteiger partial charge on any atom is 0.131 e. The summed E-state index contributed by atoms with van der Waals surface area (Å²) >= 11 is 0. The molecule has 1 aliphatic rings. The molecule has 0 radical (unpaired) electrons. The Balaban J connectivity index is 2.13. The lowest BCUT2D eigenvalue weighted by Crippen LogP contribution is -2.38. The minimum atomic E-state index is 0.553. The van der Waals surface area contributed by atoms with Crippen LogP contribution in [0.4, 0.5) is 5.82 Å². The molecule has 1 fully saturated rings. The Labute approximate surface area is 128 Å². The number of hydrogen-bond donors (Lipinski definition) is 1. The SMILES string of the molecule is Cc1nn(C)c(N(C)C2CCOCC2)c1CNCC(C)C. The van der Waals surface area contributed by atoms with Crippen molar-refractivity contribution >= 4 is 5.82 Å². The van der Waals surface area contributed by atoms with Crippen molar-refractivity contribution in [1.29, 1.82) is 0 Å². The largest absolute Gasteiger partial charge is 0.381 e. The van der Waals surface area contributed by atoms with Crippen LogP contribution in [-0.4, -0.2) is 42.6 Å². The van der Waals surface area contributed by atoms with Gasteiger partial charge in [0.2, 0.25) is 0 Å². The van der Waals surface area contributed by atoms with Gasteiger partial charge in [0.25, 0.3) is 0 Å². The second-order valence-electron chi connectivity index (χ2n) is 6.49. The molecular weight excluding hydrogens is 264 g/mol. The van der Waals surface area contributed by atoms with E-state index in [4.69, 9.17) is 4.74 Å². The summed E-state index contributed by atoms with van der Waals surface area (Å²) in [5, 5.41) is 8.18. The molecule has 0 spiro atoms. The van der Waals surface area contributed by atoms with Gasteiger partial charge in [0.15, 0.2) is 0 Å². The molecule has 1 N–H and O–H groups in total. The molecule has 1 aromatic heterocycles. The predicted molar refractivity (Wildman–Crippen MR) is 86.7 cm³/mol. The molecule has 21 heavy (non-hydrogen) atoms. The van der Waals surface area contributed by atoms with Gasteiger partial charge in [0.05, 0.1) is 5.69 Å². The van der Waals surface area contributed by atoms with Crippen LogP contribution in [0.3, 0.4) is 0 Å². The number of nitrogens with one attached hydrogen (secondary N) is 1. The van der Waals surface area contributed by atoms with E-state index in [1.807, 2.05) is 11.7 Å². The minimum Gasteiger partial charge on any atom is -0.381 e. The first-order valence-corrected chi connectivity index (χ1v) is 8.04. The Bertz CT molecular complexity index is 449. The van der Waals surface area contributed by atoms with E-state index in [2.05, 4.69) is 43.1 Å². The Morgan fingerprint density at radius 1 is 1.38 bits per heavy atom. The summed E-state index contributed by atoms with van der Waals surface area (Å²) in [5.74, 6) is 1.91. The highest BCUT2D eigenvalue weighted by molar-refractivity contribution is 5.50. The fourth-order valence-electron chi connectivity index (χ4n) is 3.07. The number of rotatable bonds is 6. The van der Waals surface area contributed by atoms with E-state index in [9.17, 15) is 0 Å². The molecule has 1 saturated heterocycles. The van der Waals surface area contributed by atoms with E-state index in [1.165, 1.54) is 11.4 Å². The number of anilines is 1. The number of ether oxygens (including phenoxy) is 1. The molecule has 0 atom stereocenters. The molecule has 0 saturated carbocycles. The Hall–Kier alpha value is -1.07. The summed E-state index contributed by atoms with van der Waals surface area (Å²) in [6, 6.07) is 0.553. The van der Waals surface area contributed by atoms with Crippen molar-refractivity contribution in [2.75, 3.05) is 31.7 Å². The molecule has 1 aromatic rings. The zero-order chi connectivity index (χ0) is 15.4. The highest BCUT2D eigenvalue weighted by atomic mass is 16.5. The third-order valence-electron chi connectivity index (χ3n) is 4.24. The van der Waals surface area contributed by atoms with E-state index in [1.54, 1.807) is 0 Å². The summed E-state index contributed by atoms with van der Waals surface area (Å²) in [5.41, 5.74) is 2.45. The van der Waals surface area contributed by atoms with Crippen LogP contribution in [0.5, 0.6) is 0 Å². The second kappa shape index (κ2) is 7.27. The summed E-state index contributed by atoms with van der Waals surface area (Å²) < 4.78 is 7.51. The van der Waals surface area contributed by atoms with Crippen LogP contribution in [0.2, 0.25) is 0 Å². The molecule has 0 aliphatic carbocycles. The van der Waals surface area contributed by atoms with Crippen molar-refractivity contribution in [3.05, 3.63) is 11.3 Å². The van der Waals surface area contributed by atoms with E-state index in [0.717, 1.165) is 44.8 Å². The molecule has 0 unspecified atom stereocenters. The maximum absolute atomic E-state index is 5.48. The van der Waals surface area contributed by atoms with Crippen molar-refractivity contribution in [3.8, 4) is 0 Å². The fourth-order valence-corrected chi connectivity index (χ4v) is 3.07. The van der Waals surface area contributed by atoms with Crippen LogP contribution < -0.4 is 10.2 Å². The van der Waals surface area contributed by atoms with Gasteiger partial charge in [-0.15, -0.1) is 0 Å². The van der Waals surface area contributed by atoms with Crippen LogP contribution in [-0.2, 0) is 18.3 Å². The standard InChI is InChI=1S/C16H30N4O/c1-12(2)10-17-11-15-13(3)18-20(5)16(15)19(4)14-6-8-21-9-7-14/h12,14,17H,6-11H2,1-5H3. The monoisotopic (exact) mass is 294 g/mol. The van der Waals surface area contributed by atoms with Gasteiger partial charge in [-0.1, -0.05) is 13.8 Å². The number of hydrogen-bond acceptors (Lipinski definition) is 4. The van der Waals surface area contributed by atoms with Crippen molar-refractivity contribution in [1.82, 2.24) is 15.1 Å². The highest BCUT2D eigenvalue weighted by Crippen LogP contribution is 2.26. The molecule has 0 amide bonds. The second-order valence-corrected chi connectivity index (χ2v) is 6.49. The van der Waals surface area contributed by atoms with Crippen LogP contribution >= 0.6 is 0 Å². The van der Waals surface area contributed by atoms with Gasteiger partial charge in [-0.3, -0.25) is 4.68 Å². The zero-order valence-electron chi connectivity index (χ0n) is 14.1. The topological polar surface area (TPSA) is 42.3 Å². The lowest BCUT2D eigenvalue weighted by Gasteiger charge is -2.33. The first kappa shape index (κ1) is 16.3. The first-order chi connectivity index (χ1) is 10.0. The van der Waals surface area contributed by atoms with Crippen LogP contribution in [0, 0.1) is 12.8 Å². The molecular formula is C16H30N4O. The molecule has 120 valence electrons. The number of nitrogens with zero attached hydrogens (tertiary/aromatic N) is 3. The lowest BCUT2D eigenvalue weighted by atomic mass is 10.1. The molecule has 5 nitrogen and oxygen atoms in total. The van der Waals surface area contributed by atoms with E-state index in [-0.39, 0.29) is 0 Å². The third-order valence-corrected chi connectivity index (χ3v) is 4.24. The van der Waals surface area contributed by atoms with E-state index >= 15 is 0 Å². The van der Waals surface area contributed by atoms with Crippen molar-refractivity contribution in [3.63, 3.8) is 0 Å². The Morgan fingerprint density at radius 3 is 2.67 bits per heavy atom. The number of aromatic nitrogens is 2. The Kier molecular flexibility index (Phi) is 5.65. The van der Waals surface area contributed by atoms with Gasteiger partial charge in [-0.05, 0) is 32.2 Å². The summed E-state index contributed by atoms with van der Waals surface area (Å²) in [4.78, 5) is 2.40. The smallest absolute Gasteiger partial charge is 0.131 e. The van der Waals surface area contributed by atoms with Crippen molar-refractivity contribution in [2.24, 2.45) is 13.0 Å². The van der Waals surface area contributed by atoms with Gasteiger partial charge in [-0.2, -0.15) is 5.10 Å². The highest BCUT2D eigenvalue weighted by Gasteiger charge is 2.24. The lowest BCUT2D eigenvalue weighted by molar-refractivity contribution is 0.0852. The third kappa shape index (κ3) is 3.98. The predicted octanol–water partition coefficient (Wildman–Crippen LogP) is 2.09. The van der Waals surface area contributed by atoms with Crippen molar-refractivity contribution in [2.45, 2.75) is 46.2 Å². The average Bonchev–Trinajstić information content (AvgIpc) is 2.73. The van der Waals surface area contributed by atoms with Crippen LogP contribution in [0.15, 0.2) is 0 Å². The number of aryl methyl sites for hydroxylation is 2. The zero-order valence-corrected chi connectivity index (χ0v) is 14.1. The molecule has 2 heterocycles. The summed E-state index contributed by atoms with van der Waals surface area (Å²) in [6.45, 7) is 10.2. The van der Waals surface area contributed by atoms with Crippen LogP contribution in [0.1, 0.15) is 37.9 Å². The summed E-state index contributed by atoms with van der Waals surface area (Å²) in [6.07, 6.45) is 2.19. The van der Waals surface area contributed by atoms with E-state index < -0.39 is 0 Å². The van der Waals surface area contributed by atoms with Crippen molar-refractivity contribution < 1.29 is 4.74 Å². The van der Waals surface area contributed by atoms with Gasteiger partial charge in [0, 0.05) is 45.5 Å². The molecule has 2 rings (SSSR count). The first-order valence-electron chi connectivity index (χ1n) is 8.04. The quantitative estimate of drug-likeness (QED) is 0.872. The molecule has 0 aromatic carbocycles. The Morgan fingerprint density at radius 2 is 2.05 bits per heavy atom. The van der Waals surface area contributed by atoms with Gasteiger partial charge in [-0.25, -0.2) is 0 Å². The average molecular weight is 294 g/mol. The van der Waals surface area contributed by atoms with Gasteiger partial charge >= 0.3 is 0 Å².